The molecule has 21 heavy (non-hydrogen) atoms. The third-order valence-corrected chi connectivity index (χ3v) is 3.76. The van der Waals surface area contributed by atoms with Crippen molar-refractivity contribution in [2.45, 2.75) is 39.7 Å². The summed E-state index contributed by atoms with van der Waals surface area (Å²) in [5.41, 5.74) is 4.63. The standard InChI is InChI=1S/C17H22N2O2/c1-5-13-7-6-8-18-16(13)15(20)9-14-12(3)17(21-4)11(2)10-19-14/h6-8,10,15,20H,5,9H2,1-4H3. The summed E-state index contributed by atoms with van der Waals surface area (Å²) in [7, 11) is 1.66. The SMILES string of the molecule is CCc1cccnc1C(O)Cc1ncc(C)c(OC)c1C. The van der Waals surface area contributed by atoms with E-state index in [4.69, 9.17) is 4.74 Å². The smallest absolute Gasteiger partial charge is 0.128 e. The lowest BCUT2D eigenvalue weighted by Gasteiger charge is -2.16. The summed E-state index contributed by atoms with van der Waals surface area (Å²) in [6.45, 7) is 6.00. The fourth-order valence-corrected chi connectivity index (χ4v) is 2.61. The third-order valence-electron chi connectivity index (χ3n) is 3.76. The Morgan fingerprint density at radius 3 is 2.71 bits per heavy atom. The number of hydrogen-bond donors (Lipinski definition) is 1. The Balaban J connectivity index is 2.30. The van der Waals surface area contributed by atoms with Crippen molar-refractivity contribution in [2.75, 3.05) is 7.11 Å². The van der Waals surface area contributed by atoms with Crippen LogP contribution < -0.4 is 4.74 Å². The van der Waals surface area contributed by atoms with Gasteiger partial charge >= 0.3 is 0 Å². The molecule has 1 unspecified atom stereocenters. The Bertz CT molecular complexity index is 626. The molecule has 1 N–H and O–H groups in total. The first-order valence-electron chi connectivity index (χ1n) is 7.19. The predicted molar refractivity (Wildman–Crippen MR) is 82.5 cm³/mol. The van der Waals surface area contributed by atoms with Crippen molar-refractivity contribution < 1.29 is 9.84 Å². The number of pyridine rings is 2. The van der Waals surface area contributed by atoms with Crippen LogP contribution in [0.2, 0.25) is 0 Å². The minimum atomic E-state index is -0.653. The van der Waals surface area contributed by atoms with E-state index in [1.54, 1.807) is 19.5 Å². The van der Waals surface area contributed by atoms with Crippen LogP contribution in [0, 0.1) is 13.8 Å². The maximum absolute atomic E-state index is 10.5. The number of aliphatic hydroxyl groups is 1. The largest absolute Gasteiger partial charge is 0.496 e. The number of aromatic nitrogens is 2. The van der Waals surface area contributed by atoms with Crippen molar-refractivity contribution in [3.63, 3.8) is 0 Å². The first kappa shape index (κ1) is 15.4. The van der Waals surface area contributed by atoms with Gasteiger partial charge in [-0.15, -0.1) is 0 Å². The van der Waals surface area contributed by atoms with Gasteiger partial charge in [0.1, 0.15) is 11.9 Å². The fourth-order valence-electron chi connectivity index (χ4n) is 2.61. The van der Waals surface area contributed by atoms with Gasteiger partial charge in [-0.25, -0.2) is 0 Å². The van der Waals surface area contributed by atoms with Crippen molar-refractivity contribution in [3.05, 3.63) is 52.6 Å². The van der Waals surface area contributed by atoms with E-state index in [1.807, 2.05) is 26.0 Å². The van der Waals surface area contributed by atoms with Crippen LogP contribution in [0.1, 0.15) is 41.1 Å². The van der Waals surface area contributed by atoms with Crippen molar-refractivity contribution >= 4 is 0 Å². The number of aliphatic hydroxyl groups excluding tert-OH is 1. The van der Waals surface area contributed by atoms with Gasteiger partial charge in [0.05, 0.1) is 12.8 Å². The van der Waals surface area contributed by atoms with Crippen LogP contribution in [0.25, 0.3) is 0 Å². The van der Waals surface area contributed by atoms with Gasteiger partial charge in [0.15, 0.2) is 0 Å². The molecule has 2 aromatic rings. The predicted octanol–water partition coefficient (Wildman–Crippen LogP) is 2.94. The van der Waals surface area contributed by atoms with Crippen LogP contribution in [-0.4, -0.2) is 22.2 Å². The average Bonchev–Trinajstić information content (AvgIpc) is 2.50. The molecule has 0 fully saturated rings. The Hall–Kier alpha value is -1.94. The van der Waals surface area contributed by atoms with E-state index in [1.165, 1.54) is 0 Å². The highest BCUT2D eigenvalue weighted by molar-refractivity contribution is 5.41. The summed E-state index contributed by atoms with van der Waals surface area (Å²) >= 11 is 0. The number of rotatable bonds is 5. The summed E-state index contributed by atoms with van der Waals surface area (Å²) in [5, 5.41) is 10.5. The molecular weight excluding hydrogens is 264 g/mol. The molecule has 0 aliphatic rings. The van der Waals surface area contributed by atoms with Gasteiger partial charge in [0.25, 0.3) is 0 Å². The molecule has 2 aromatic heterocycles. The Morgan fingerprint density at radius 1 is 1.29 bits per heavy atom. The second-order valence-corrected chi connectivity index (χ2v) is 5.17. The number of ether oxygens (including phenoxy) is 1. The zero-order chi connectivity index (χ0) is 15.4. The molecule has 1 atom stereocenters. The molecule has 0 bridgehead atoms. The van der Waals surface area contributed by atoms with E-state index < -0.39 is 6.10 Å². The molecule has 112 valence electrons. The van der Waals surface area contributed by atoms with Gasteiger partial charge in [0.2, 0.25) is 0 Å². The van der Waals surface area contributed by atoms with Crippen molar-refractivity contribution in [1.29, 1.82) is 0 Å². The topological polar surface area (TPSA) is 55.2 Å². The van der Waals surface area contributed by atoms with E-state index in [0.717, 1.165) is 40.2 Å². The summed E-state index contributed by atoms with van der Waals surface area (Å²) in [6.07, 6.45) is 4.14. The van der Waals surface area contributed by atoms with Gasteiger partial charge in [-0.2, -0.15) is 0 Å². The van der Waals surface area contributed by atoms with E-state index in [9.17, 15) is 5.11 Å². The van der Waals surface area contributed by atoms with E-state index >= 15 is 0 Å². The highest BCUT2D eigenvalue weighted by Crippen LogP contribution is 2.27. The number of hydrogen-bond acceptors (Lipinski definition) is 4. The summed E-state index contributed by atoms with van der Waals surface area (Å²) in [6, 6.07) is 3.90. The number of methoxy groups -OCH3 is 1. The molecule has 0 saturated carbocycles. The lowest BCUT2D eigenvalue weighted by Crippen LogP contribution is -2.10. The van der Waals surface area contributed by atoms with E-state index in [0.29, 0.717) is 6.42 Å². The van der Waals surface area contributed by atoms with Gasteiger partial charge < -0.3 is 9.84 Å². The normalized spacial score (nSPS) is 12.2. The highest BCUT2D eigenvalue weighted by Gasteiger charge is 2.17. The summed E-state index contributed by atoms with van der Waals surface area (Å²) in [4.78, 5) is 8.77. The van der Waals surface area contributed by atoms with E-state index in [-0.39, 0.29) is 0 Å². The Kier molecular flexibility index (Phi) is 4.91. The van der Waals surface area contributed by atoms with Gasteiger partial charge in [0, 0.05) is 35.6 Å². The van der Waals surface area contributed by atoms with Crippen molar-refractivity contribution in [3.8, 4) is 5.75 Å². The second kappa shape index (κ2) is 6.68. The minimum Gasteiger partial charge on any atom is -0.496 e. The maximum atomic E-state index is 10.5. The molecule has 0 spiro atoms. The first-order chi connectivity index (χ1) is 10.1. The van der Waals surface area contributed by atoms with Gasteiger partial charge in [-0.05, 0) is 31.9 Å². The number of aryl methyl sites for hydroxylation is 2. The van der Waals surface area contributed by atoms with Crippen LogP contribution in [0.15, 0.2) is 24.5 Å². The average molecular weight is 286 g/mol. The molecule has 0 amide bonds. The second-order valence-electron chi connectivity index (χ2n) is 5.17. The van der Waals surface area contributed by atoms with Crippen LogP contribution >= 0.6 is 0 Å². The highest BCUT2D eigenvalue weighted by atomic mass is 16.5. The molecule has 0 aliphatic heterocycles. The van der Waals surface area contributed by atoms with Crippen LogP contribution in [0.4, 0.5) is 0 Å². The molecule has 0 radical (unpaired) electrons. The molecule has 0 saturated heterocycles. The summed E-state index contributed by atoms with van der Waals surface area (Å²) in [5.74, 6) is 0.837. The quantitative estimate of drug-likeness (QED) is 0.918. The zero-order valence-electron chi connectivity index (χ0n) is 13.1. The third kappa shape index (κ3) is 3.22. The van der Waals surface area contributed by atoms with Crippen LogP contribution in [0.5, 0.6) is 5.75 Å². The van der Waals surface area contributed by atoms with E-state index in [2.05, 4.69) is 16.9 Å². The number of nitrogens with zero attached hydrogens (tertiary/aromatic N) is 2. The lowest BCUT2D eigenvalue weighted by molar-refractivity contribution is 0.171. The molecule has 0 aromatic carbocycles. The van der Waals surface area contributed by atoms with Gasteiger partial charge in [-0.1, -0.05) is 13.0 Å². The zero-order valence-corrected chi connectivity index (χ0v) is 13.1. The minimum absolute atomic E-state index is 0.437. The Labute approximate surface area is 125 Å². The maximum Gasteiger partial charge on any atom is 0.128 e. The Morgan fingerprint density at radius 2 is 2.05 bits per heavy atom. The monoisotopic (exact) mass is 286 g/mol. The van der Waals surface area contributed by atoms with Crippen LogP contribution in [0.3, 0.4) is 0 Å². The lowest BCUT2D eigenvalue weighted by atomic mass is 10.0. The molecular formula is C17H22N2O2. The van der Waals surface area contributed by atoms with Gasteiger partial charge in [-0.3, -0.25) is 9.97 Å². The van der Waals surface area contributed by atoms with Crippen molar-refractivity contribution in [1.82, 2.24) is 9.97 Å². The molecule has 2 rings (SSSR count). The molecule has 0 aliphatic carbocycles. The molecule has 2 heterocycles. The fraction of sp³-hybridized carbons (Fsp3) is 0.412. The molecule has 4 nitrogen and oxygen atoms in total. The van der Waals surface area contributed by atoms with Crippen LogP contribution in [-0.2, 0) is 12.8 Å². The van der Waals surface area contributed by atoms with Crippen molar-refractivity contribution in [2.24, 2.45) is 0 Å². The summed E-state index contributed by atoms with van der Waals surface area (Å²) < 4.78 is 5.41. The first-order valence-corrected chi connectivity index (χ1v) is 7.19. The molecule has 4 heteroatoms.